The first-order chi connectivity index (χ1) is 23.7. The summed E-state index contributed by atoms with van der Waals surface area (Å²) >= 11 is 0. The molecule has 2 saturated heterocycles. The zero-order valence-corrected chi connectivity index (χ0v) is 47.0. The SMILES string of the molecule is C[Si](C)(C)OC[C@@H]1O[C@@](CO[Si](C)(C)C)(O[Si](C)(C)C)[C@@H](O[Si](C)(C)C)[C@H]1OC1O[C@@H](O[Si](C)(C)C)[C@H](O[Si](C)(C)C)[C@@H](O[Si](C)(C)C)[C@@H]1O[Si](C)(C)C. The Morgan fingerprint density at radius 1 is 0.407 bits per heavy atom. The van der Waals surface area contributed by atoms with E-state index in [9.17, 15) is 0 Å². The van der Waals surface area contributed by atoms with E-state index in [0.29, 0.717) is 6.61 Å². The van der Waals surface area contributed by atoms with E-state index in [1.54, 1.807) is 0 Å². The molecule has 2 aliphatic heterocycles. The van der Waals surface area contributed by atoms with Crippen molar-refractivity contribution in [3.8, 4) is 0 Å². The van der Waals surface area contributed by atoms with E-state index in [0.717, 1.165) is 0 Å². The lowest BCUT2D eigenvalue weighted by Gasteiger charge is -2.52. The van der Waals surface area contributed by atoms with Crippen LogP contribution < -0.4 is 0 Å². The first-order valence-electron chi connectivity index (χ1n) is 20.0. The van der Waals surface area contributed by atoms with Gasteiger partial charge in [-0.1, -0.05) is 0 Å². The Bertz CT molecular complexity index is 1180. The Kier molecular flexibility index (Phi) is 17.2. The zero-order valence-electron chi connectivity index (χ0n) is 39.0. The molecule has 0 radical (unpaired) electrons. The van der Waals surface area contributed by atoms with E-state index in [4.69, 9.17) is 49.6 Å². The molecule has 0 bridgehead atoms. The average Bonchev–Trinajstić information content (AvgIpc) is 3.11. The summed E-state index contributed by atoms with van der Waals surface area (Å²) in [6.07, 6.45) is -5.06. The minimum Gasteiger partial charge on any atom is -0.415 e. The van der Waals surface area contributed by atoms with E-state index in [1.165, 1.54) is 0 Å². The van der Waals surface area contributed by atoms with Crippen LogP contribution in [-0.2, 0) is 49.6 Å². The largest absolute Gasteiger partial charge is 0.415 e. The fourth-order valence-electron chi connectivity index (χ4n) is 6.15. The molecule has 2 fully saturated rings. The van der Waals surface area contributed by atoms with Gasteiger partial charge in [-0.25, -0.2) is 0 Å². The number of hydrogen-bond donors (Lipinski definition) is 0. The first kappa shape index (κ1) is 51.4. The average molecular weight is 906 g/mol. The monoisotopic (exact) mass is 904 g/mol. The third-order valence-corrected chi connectivity index (χ3v) is 15.3. The van der Waals surface area contributed by atoms with Crippen LogP contribution in [0.2, 0.25) is 157 Å². The van der Waals surface area contributed by atoms with Crippen LogP contribution in [0.3, 0.4) is 0 Å². The van der Waals surface area contributed by atoms with Gasteiger partial charge in [0.15, 0.2) is 79.1 Å². The van der Waals surface area contributed by atoms with Crippen LogP contribution in [0.25, 0.3) is 0 Å². The van der Waals surface area contributed by atoms with E-state index < -0.39 is 122 Å². The summed E-state index contributed by atoms with van der Waals surface area (Å²) in [7, 11) is -17.3. The highest BCUT2D eigenvalue weighted by Crippen LogP contribution is 2.44. The van der Waals surface area contributed by atoms with Crippen molar-refractivity contribution in [1.82, 2.24) is 0 Å². The molecule has 0 aromatic heterocycles. The molecule has 1 unspecified atom stereocenters. The summed E-state index contributed by atoms with van der Waals surface area (Å²) in [6.45, 7) is 53.0. The van der Waals surface area contributed by atoms with Crippen molar-refractivity contribution in [2.24, 2.45) is 0 Å². The number of ether oxygens (including phenoxy) is 3. The van der Waals surface area contributed by atoms with E-state index in [2.05, 4.69) is 157 Å². The van der Waals surface area contributed by atoms with E-state index >= 15 is 0 Å². The molecule has 0 aromatic rings. The first-order valence-corrected chi connectivity index (χ1v) is 47.3. The van der Waals surface area contributed by atoms with Crippen molar-refractivity contribution in [1.29, 1.82) is 0 Å². The Morgan fingerprint density at radius 3 is 1.20 bits per heavy atom. The smallest absolute Gasteiger partial charge is 0.210 e. The predicted molar refractivity (Wildman–Crippen MR) is 241 cm³/mol. The lowest BCUT2D eigenvalue weighted by Crippen LogP contribution is -2.68. The Labute approximate surface area is 339 Å². The van der Waals surface area contributed by atoms with Crippen molar-refractivity contribution in [3.05, 3.63) is 0 Å². The van der Waals surface area contributed by atoms with Gasteiger partial charge in [-0.05, 0) is 157 Å². The fraction of sp³-hybridized carbons (Fsp3) is 1.00. The van der Waals surface area contributed by atoms with Crippen LogP contribution in [-0.4, -0.2) is 135 Å². The van der Waals surface area contributed by atoms with Gasteiger partial charge in [0, 0.05) is 0 Å². The van der Waals surface area contributed by atoms with Crippen LogP contribution >= 0.6 is 0 Å². The highest BCUT2D eigenvalue weighted by atomic mass is 28.4. The predicted octanol–water partition coefficient (Wildman–Crippen LogP) is 9.44. The maximum Gasteiger partial charge on any atom is 0.210 e. The lowest BCUT2D eigenvalue weighted by molar-refractivity contribution is -0.340. The molecule has 0 saturated carbocycles. The van der Waals surface area contributed by atoms with Crippen LogP contribution in [0.4, 0.5) is 0 Å². The van der Waals surface area contributed by atoms with Gasteiger partial charge in [-0.3, -0.25) is 0 Å². The molecule has 2 heterocycles. The molecular weight excluding hydrogens is 821 g/mol. The molecule has 0 amide bonds. The molecule has 0 aliphatic carbocycles. The highest BCUT2D eigenvalue weighted by Gasteiger charge is 2.63. The second kappa shape index (κ2) is 18.1. The maximum absolute atomic E-state index is 7.42. The fourth-order valence-corrected chi connectivity index (χ4v) is 13.9. The molecule has 322 valence electrons. The third-order valence-electron chi connectivity index (χ3n) is 7.48. The molecule has 0 N–H and O–H groups in total. The maximum atomic E-state index is 7.42. The van der Waals surface area contributed by atoms with Gasteiger partial charge in [-0.2, -0.15) is 0 Å². The molecule has 19 heteroatoms. The van der Waals surface area contributed by atoms with Gasteiger partial charge in [0.25, 0.3) is 0 Å². The van der Waals surface area contributed by atoms with Gasteiger partial charge in [0.1, 0.15) is 36.6 Å². The molecule has 9 atom stereocenters. The Morgan fingerprint density at radius 2 is 0.815 bits per heavy atom. The molecular formula is C35H84O11Si8. The summed E-state index contributed by atoms with van der Waals surface area (Å²) in [5, 5.41) is 0. The number of rotatable bonds is 20. The summed E-state index contributed by atoms with van der Waals surface area (Å²) in [5.74, 6) is -1.22. The second-order valence-electron chi connectivity index (χ2n) is 22.9. The standard InChI is InChI=1S/C35H84O11Si8/c1-47(2,3)36-25-27-28(32(44-52(16,17)18)35(40-27,46-54(22,23)24)26-37-48(4,5)6)38-33-30(42-50(10,11)12)29(41-49(7,8)9)31(43-51(13,14)15)34(39-33)45-53(19,20)21/h27-34H,25-26H2,1-24H3/t27-,28-,29-,30-,31+,32-,33?,34-,35-/m0/s1. The van der Waals surface area contributed by atoms with E-state index in [-0.39, 0.29) is 6.61 Å². The van der Waals surface area contributed by atoms with Crippen molar-refractivity contribution in [2.45, 2.75) is 212 Å². The molecule has 2 aliphatic rings. The van der Waals surface area contributed by atoms with Crippen LogP contribution in [0.15, 0.2) is 0 Å². The highest BCUT2D eigenvalue weighted by molar-refractivity contribution is 6.72. The minimum atomic E-state index is -2.27. The van der Waals surface area contributed by atoms with Crippen molar-refractivity contribution in [3.63, 3.8) is 0 Å². The van der Waals surface area contributed by atoms with Crippen molar-refractivity contribution >= 4 is 66.5 Å². The number of hydrogen-bond acceptors (Lipinski definition) is 11. The molecule has 0 spiro atoms. The Hall–Kier alpha value is 1.30. The summed E-state index contributed by atoms with van der Waals surface area (Å²) in [4.78, 5) is 0. The van der Waals surface area contributed by atoms with Gasteiger partial charge in [0.2, 0.25) is 5.79 Å². The van der Waals surface area contributed by atoms with Gasteiger partial charge >= 0.3 is 0 Å². The molecule has 54 heavy (non-hydrogen) atoms. The summed E-state index contributed by atoms with van der Waals surface area (Å²) in [5.41, 5.74) is 0. The lowest BCUT2D eigenvalue weighted by atomic mass is 10.0. The summed E-state index contributed by atoms with van der Waals surface area (Å²) in [6, 6.07) is 0. The molecule has 11 nitrogen and oxygen atoms in total. The van der Waals surface area contributed by atoms with Gasteiger partial charge < -0.3 is 49.6 Å². The van der Waals surface area contributed by atoms with Crippen LogP contribution in [0.5, 0.6) is 0 Å². The Balaban J connectivity index is 2.94. The third kappa shape index (κ3) is 18.7. The molecule has 2 rings (SSSR count). The summed E-state index contributed by atoms with van der Waals surface area (Å²) < 4.78 is 77.5. The van der Waals surface area contributed by atoms with Crippen molar-refractivity contribution < 1.29 is 49.6 Å². The van der Waals surface area contributed by atoms with Crippen LogP contribution in [0, 0.1) is 0 Å². The molecule has 0 aromatic carbocycles. The van der Waals surface area contributed by atoms with Gasteiger partial charge in [0.05, 0.1) is 13.2 Å². The van der Waals surface area contributed by atoms with Crippen LogP contribution in [0.1, 0.15) is 0 Å². The zero-order chi connectivity index (χ0) is 42.3. The van der Waals surface area contributed by atoms with E-state index in [1.807, 2.05) is 0 Å². The normalized spacial score (nSPS) is 31.3. The quantitative estimate of drug-likeness (QED) is 0.109. The minimum absolute atomic E-state index is 0.223. The van der Waals surface area contributed by atoms with Gasteiger partial charge in [-0.15, -0.1) is 0 Å². The topological polar surface area (TPSA) is 102 Å². The van der Waals surface area contributed by atoms with Crippen molar-refractivity contribution in [2.75, 3.05) is 13.2 Å². The second-order valence-corrected chi connectivity index (χ2v) is 58.7.